The number of hydrogen-bond donors (Lipinski definition) is 0. The van der Waals surface area contributed by atoms with Gasteiger partial charge in [0, 0.05) is 0 Å². The Labute approximate surface area is 178 Å². The van der Waals surface area contributed by atoms with E-state index in [-0.39, 0.29) is 25.2 Å². The molecule has 0 atom stereocenters. The fourth-order valence-corrected chi connectivity index (χ4v) is 6.01. The van der Waals surface area contributed by atoms with Crippen molar-refractivity contribution in [2.45, 2.75) is 13.2 Å². The van der Waals surface area contributed by atoms with Crippen molar-refractivity contribution < 1.29 is 19.1 Å². The standard InChI is InChI=1S/C24H18O4Te/c25-23(27-15-17-9-3-1-4-10-17)21-19-13-7-8-14-20(19)22(29-21)24(26)28-16-18-11-5-2-6-12-18/h1-14H,15-16H2. The molecule has 4 rings (SSSR count). The van der Waals surface area contributed by atoms with Crippen molar-refractivity contribution in [3.63, 3.8) is 0 Å². The molecular formula is C24H18O4Te. The molecule has 0 spiro atoms. The Kier molecular flexibility index (Phi) is 6.09. The summed E-state index contributed by atoms with van der Waals surface area (Å²) >= 11 is -1.20. The van der Waals surface area contributed by atoms with E-state index in [4.69, 9.17) is 9.47 Å². The first-order valence-electron chi connectivity index (χ1n) is 9.16. The monoisotopic (exact) mass is 500 g/mol. The molecule has 0 radical (unpaired) electrons. The molecule has 0 saturated heterocycles. The van der Waals surface area contributed by atoms with Crippen molar-refractivity contribution in [2.75, 3.05) is 0 Å². The van der Waals surface area contributed by atoms with Crippen LogP contribution in [-0.2, 0) is 22.7 Å². The molecule has 1 heterocycles. The molecule has 5 heteroatoms. The summed E-state index contributed by atoms with van der Waals surface area (Å²) in [5, 5.41) is 1.58. The van der Waals surface area contributed by atoms with E-state index >= 15 is 0 Å². The van der Waals surface area contributed by atoms with Crippen LogP contribution in [-0.4, -0.2) is 32.4 Å². The number of ether oxygens (including phenoxy) is 2. The molecule has 29 heavy (non-hydrogen) atoms. The molecular weight excluding hydrogens is 480 g/mol. The van der Waals surface area contributed by atoms with Crippen LogP contribution in [0.1, 0.15) is 27.9 Å². The average molecular weight is 498 g/mol. The van der Waals surface area contributed by atoms with Crippen LogP contribution in [0.3, 0.4) is 0 Å². The van der Waals surface area contributed by atoms with Crippen molar-refractivity contribution in [3.05, 3.63) is 103 Å². The van der Waals surface area contributed by atoms with E-state index in [0.29, 0.717) is 7.16 Å². The fraction of sp³-hybridized carbons (Fsp3) is 0.0833. The van der Waals surface area contributed by atoms with E-state index in [1.165, 1.54) is 0 Å². The average Bonchev–Trinajstić information content (AvgIpc) is 3.17. The Balaban J connectivity index is 1.54. The second-order valence-corrected chi connectivity index (χ2v) is 9.34. The van der Waals surface area contributed by atoms with Crippen molar-refractivity contribution in [1.82, 2.24) is 0 Å². The van der Waals surface area contributed by atoms with E-state index in [0.717, 1.165) is 21.9 Å². The SMILES string of the molecule is O=C(OCc1ccccc1)c1[te]c(C(=O)OCc2ccccc2)c2ccccc12. The van der Waals surface area contributed by atoms with Gasteiger partial charge < -0.3 is 0 Å². The summed E-state index contributed by atoms with van der Waals surface area (Å²) in [6.45, 7) is 0.429. The number of rotatable bonds is 6. The molecule has 0 N–H and O–H groups in total. The van der Waals surface area contributed by atoms with Gasteiger partial charge in [0.25, 0.3) is 0 Å². The molecule has 3 aromatic carbocycles. The molecule has 0 fully saturated rings. The van der Waals surface area contributed by atoms with Gasteiger partial charge in [-0.15, -0.1) is 0 Å². The first-order valence-corrected chi connectivity index (χ1v) is 11.5. The van der Waals surface area contributed by atoms with Crippen molar-refractivity contribution in [3.8, 4) is 0 Å². The molecule has 0 aliphatic rings. The van der Waals surface area contributed by atoms with Crippen molar-refractivity contribution in [1.29, 1.82) is 0 Å². The van der Waals surface area contributed by atoms with Gasteiger partial charge in [-0.2, -0.15) is 0 Å². The molecule has 1 aromatic heterocycles. The van der Waals surface area contributed by atoms with Crippen molar-refractivity contribution in [2.24, 2.45) is 0 Å². The van der Waals surface area contributed by atoms with Crippen LogP contribution >= 0.6 is 0 Å². The van der Waals surface area contributed by atoms with Crippen molar-refractivity contribution >= 4 is 43.1 Å². The van der Waals surface area contributed by atoms with Crippen LogP contribution in [0.5, 0.6) is 0 Å². The summed E-state index contributed by atoms with van der Waals surface area (Å²) in [6, 6.07) is 26.6. The molecule has 0 saturated carbocycles. The third-order valence-electron chi connectivity index (χ3n) is 4.42. The minimum absolute atomic E-state index is 0.214. The predicted octanol–water partition coefficient (Wildman–Crippen LogP) is 4.61. The summed E-state index contributed by atoms with van der Waals surface area (Å²) < 4.78 is 12.3. The van der Waals surface area contributed by atoms with Gasteiger partial charge in [-0.3, -0.25) is 0 Å². The fourth-order valence-electron chi connectivity index (χ4n) is 2.97. The van der Waals surface area contributed by atoms with E-state index in [1.807, 2.05) is 84.9 Å². The molecule has 4 nitrogen and oxygen atoms in total. The molecule has 144 valence electrons. The third kappa shape index (κ3) is 4.59. The first-order chi connectivity index (χ1) is 14.2. The van der Waals surface area contributed by atoms with Crippen LogP contribution in [0.4, 0.5) is 0 Å². The number of benzene rings is 3. The van der Waals surface area contributed by atoms with Gasteiger partial charge in [-0.1, -0.05) is 0 Å². The van der Waals surface area contributed by atoms with Crippen LogP contribution < -0.4 is 0 Å². The Morgan fingerprint density at radius 2 is 0.966 bits per heavy atom. The van der Waals surface area contributed by atoms with Gasteiger partial charge in [0.1, 0.15) is 0 Å². The van der Waals surface area contributed by atoms with Crippen LogP contribution in [0.15, 0.2) is 84.9 Å². The second kappa shape index (κ2) is 9.09. The maximum atomic E-state index is 12.7. The van der Waals surface area contributed by atoms with E-state index < -0.39 is 20.4 Å². The normalized spacial score (nSPS) is 10.6. The van der Waals surface area contributed by atoms with Crippen LogP contribution in [0, 0.1) is 0 Å². The number of fused-ring (bicyclic) bond motifs is 1. The zero-order chi connectivity index (χ0) is 20.1. The van der Waals surface area contributed by atoms with Gasteiger partial charge in [-0.25, -0.2) is 0 Å². The van der Waals surface area contributed by atoms with E-state index in [1.54, 1.807) is 0 Å². The molecule has 0 bridgehead atoms. The summed E-state index contributed by atoms with van der Waals surface area (Å²) in [5.74, 6) is -0.705. The molecule has 0 unspecified atom stereocenters. The van der Waals surface area contributed by atoms with E-state index in [9.17, 15) is 9.59 Å². The molecule has 0 aliphatic heterocycles. The Bertz CT molecular complexity index is 1040. The van der Waals surface area contributed by atoms with Crippen LogP contribution in [0.2, 0.25) is 0 Å². The van der Waals surface area contributed by atoms with Gasteiger partial charge in [0.2, 0.25) is 0 Å². The summed E-state index contributed by atoms with van der Waals surface area (Å²) in [6.07, 6.45) is 0. The summed E-state index contributed by atoms with van der Waals surface area (Å²) in [4.78, 5) is 25.5. The minimum atomic E-state index is -1.20. The number of carbonyl (C=O) groups is 2. The molecule has 0 amide bonds. The van der Waals surface area contributed by atoms with Gasteiger partial charge >= 0.3 is 179 Å². The van der Waals surface area contributed by atoms with Crippen LogP contribution in [0.25, 0.3) is 10.8 Å². The number of carbonyl (C=O) groups excluding carboxylic acids is 2. The molecule has 0 aliphatic carbocycles. The number of hydrogen-bond acceptors (Lipinski definition) is 4. The van der Waals surface area contributed by atoms with E-state index in [2.05, 4.69) is 0 Å². The first kappa shape index (κ1) is 19.4. The Morgan fingerprint density at radius 3 is 1.38 bits per heavy atom. The molecule has 4 aromatic rings. The Morgan fingerprint density at radius 1 is 0.586 bits per heavy atom. The van der Waals surface area contributed by atoms with Gasteiger partial charge in [-0.05, 0) is 0 Å². The third-order valence-corrected chi connectivity index (χ3v) is 7.79. The summed E-state index contributed by atoms with van der Waals surface area (Å²) in [7, 11) is 0. The van der Waals surface area contributed by atoms with Gasteiger partial charge in [0.05, 0.1) is 0 Å². The van der Waals surface area contributed by atoms with Gasteiger partial charge in [0.15, 0.2) is 0 Å². The zero-order valence-electron chi connectivity index (χ0n) is 15.5. The second-order valence-electron chi connectivity index (χ2n) is 6.43. The topological polar surface area (TPSA) is 52.6 Å². The maximum absolute atomic E-state index is 12.7. The summed E-state index contributed by atoms with van der Waals surface area (Å²) in [5.41, 5.74) is 1.86. The Hall–Kier alpha value is -2.87. The number of esters is 2. The zero-order valence-corrected chi connectivity index (χ0v) is 17.9. The predicted molar refractivity (Wildman–Crippen MR) is 112 cm³/mol. The quantitative estimate of drug-likeness (QED) is 0.288.